The van der Waals surface area contributed by atoms with E-state index in [0.717, 1.165) is 5.56 Å². The van der Waals surface area contributed by atoms with Crippen LogP contribution >= 0.6 is 15.9 Å². The summed E-state index contributed by atoms with van der Waals surface area (Å²) in [6, 6.07) is 8.71. The minimum atomic E-state index is -0.413. The van der Waals surface area contributed by atoms with Crippen molar-refractivity contribution in [3.05, 3.63) is 63.6 Å². The summed E-state index contributed by atoms with van der Waals surface area (Å²) in [5.74, 6) is -0.333. The average molecular weight is 342 g/mol. The zero-order valence-corrected chi connectivity index (χ0v) is 12.5. The summed E-state index contributed by atoms with van der Waals surface area (Å²) in [6.07, 6.45) is 0.437. The van der Waals surface area contributed by atoms with E-state index in [1.165, 1.54) is 25.3 Å². The number of rotatable bonds is 4. The van der Waals surface area contributed by atoms with Gasteiger partial charge >= 0.3 is 0 Å². The Labute approximate surface area is 124 Å². The fourth-order valence-corrected chi connectivity index (χ4v) is 2.40. The highest BCUT2D eigenvalue weighted by Gasteiger charge is 2.16. The first kappa shape index (κ1) is 14.9. The Bertz CT molecular complexity index is 619. The summed E-state index contributed by atoms with van der Waals surface area (Å²) >= 11 is 3.13. The summed E-state index contributed by atoms with van der Waals surface area (Å²) in [5.41, 5.74) is 7.58. The third kappa shape index (κ3) is 3.35. The summed E-state index contributed by atoms with van der Waals surface area (Å²) < 4.78 is 32.1. The molecule has 0 amide bonds. The van der Waals surface area contributed by atoms with E-state index in [-0.39, 0.29) is 5.82 Å². The summed E-state index contributed by atoms with van der Waals surface area (Å²) in [4.78, 5) is 0. The van der Waals surface area contributed by atoms with Gasteiger partial charge in [0.2, 0.25) is 0 Å². The van der Waals surface area contributed by atoms with Crippen molar-refractivity contribution < 1.29 is 13.5 Å². The first-order chi connectivity index (χ1) is 9.51. The van der Waals surface area contributed by atoms with Gasteiger partial charge in [0.25, 0.3) is 0 Å². The van der Waals surface area contributed by atoms with Gasteiger partial charge in [-0.25, -0.2) is 8.78 Å². The van der Waals surface area contributed by atoms with Gasteiger partial charge in [-0.2, -0.15) is 0 Å². The van der Waals surface area contributed by atoms with Gasteiger partial charge < -0.3 is 10.5 Å². The van der Waals surface area contributed by atoms with E-state index >= 15 is 0 Å². The molecule has 0 aromatic heterocycles. The lowest BCUT2D eigenvalue weighted by Gasteiger charge is -2.16. The van der Waals surface area contributed by atoms with Crippen molar-refractivity contribution in [2.75, 3.05) is 7.11 Å². The van der Waals surface area contributed by atoms with Crippen LogP contribution in [-0.2, 0) is 6.42 Å². The molecule has 20 heavy (non-hydrogen) atoms. The molecule has 5 heteroatoms. The third-order valence-corrected chi connectivity index (χ3v) is 3.62. The molecule has 106 valence electrons. The van der Waals surface area contributed by atoms with Crippen molar-refractivity contribution in [2.45, 2.75) is 12.5 Å². The molecule has 2 aromatic rings. The topological polar surface area (TPSA) is 35.2 Å². The maximum atomic E-state index is 13.5. The molecule has 0 radical (unpaired) electrons. The Morgan fingerprint density at radius 2 is 2.00 bits per heavy atom. The van der Waals surface area contributed by atoms with Crippen LogP contribution in [0.5, 0.6) is 5.75 Å². The van der Waals surface area contributed by atoms with Crippen LogP contribution in [0.2, 0.25) is 0 Å². The molecule has 0 spiro atoms. The van der Waals surface area contributed by atoms with Crippen molar-refractivity contribution in [3.63, 3.8) is 0 Å². The van der Waals surface area contributed by atoms with Crippen molar-refractivity contribution >= 4 is 15.9 Å². The standard InChI is InChI=1S/C15H14BrF2NO/c1-20-15-8-13(18)12(16)7-11(15)14(19)6-9-3-2-4-10(17)5-9/h2-5,7-8,14H,6,19H2,1H3. The van der Waals surface area contributed by atoms with Crippen LogP contribution in [0.1, 0.15) is 17.2 Å². The molecule has 0 bridgehead atoms. The van der Waals surface area contributed by atoms with E-state index in [4.69, 9.17) is 10.5 Å². The van der Waals surface area contributed by atoms with Crippen molar-refractivity contribution in [1.29, 1.82) is 0 Å². The second kappa shape index (κ2) is 6.33. The van der Waals surface area contributed by atoms with Gasteiger partial charge in [0.1, 0.15) is 17.4 Å². The maximum Gasteiger partial charge on any atom is 0.141 e. The molecular weight excluding hydrogens is 328 g/mol. The Kier molecular flexibility index (Phi) is 4.73. The molecule has 2 aromatic carbocycles. The number of hydrogen-bond acceptors (Lipinski definition) is 2. The van der Waals surface area contributed by atoms with E-state index in [0.29, 0.717) is 22.2 Å². The van der Waals surface area contributed by atoms with E-state index in [9.17, 15) is 8.78 Å². The lowest BCUT2D eigenvalue weighted by molar-refractivity contribution is 0.401. The molecule has 0 fully saturated rings. The maximum absolute atomic E-state index is 13.5. The Morgan fingerprint density at radius 3 is 2.65 bits per heavy atom. The minimum absolute atomic E-state index is 0.304. The highest BCUT2D eigenvalue weighted by molar-refractivity contribution is 9.10. The number of nitrogens with two attached hydrogens (primary N) is 1. The first-order valence-corrected chi connectivity index (χ1v) is 6.83. The number of hydrogen-bond donors (Lipinski definition) is 1. The van der Waals surface area contributed by atoms with Gasteiger partial charge in [0.05, 0.1) is 11.6 Å². The summed E-state index contributed by atoms with van der Waals surface area (Å²) in [6.45, 7) is 0. The molecule has 0 aliphatic carbocycles. The third-order valence-electron chi connectivity index (χ3n) is 3.02. The zero-order chi connectivity index (χ0) is 14.7. The first-order valence-electron chi connectivity index (χ1n) is 6.04. The molecule has 2 N–H and O–H groups in total. The summed E-state index contributed by atoms with van der Waals surface area (Å²) in [5, 5.41) is 0. The molecule has 0 heterocycles. The second-order valence-corrected chi connectivity index (χ2v) is 5.30. The van der Waals surface area contributed by atoms with E-state index in [2.05, 4.69) is 15.9 Å². The zero-order valence-electron chi connectivity index (χ0n) is 10.9. The monoisotopic (exact) mass is 341 g/mol. The van der Waals surface area contributed by atoms with E-state index < -0.39 is 11.9 Å². The highest BCUT2D eigenvalue weighted by Crippen LogP contribution is 2.31. The number of benzene rings is 2. The molecule has 2 rings (SSSR count). The van der Waals surface area contributed by atoms with Gasteiger partial charge in [-0.1, -0.05) is 12.1 Å². The largest absolute Gasteiger partial charge is 0.496 e. The SMILES string of the molecule is COc1cc(F)c(Br)cc1C(N)Cc1cccc(F)c1. The van der Waals surface area contributed by atoms with E-state index in [1.54, 1.807) is 18.2 Å². The molecular formula is C15H14BrF2NO. The average Bonchev–Trinajstić information content (AvgIpc) is 2.41. The van der Waals surface area contributed by atoms with E-state index in [1.807, 2.05) is 0 Å². The minimum Gasteiger partial charge on any atom is -0.496 e. The Balaban J connectivity index is 2.29. The lowest BCUT2D eigenvalue weighted by Crippen LogP contribution is -2.15. The van der Waals surface area contributed by atoms with Gasteiger partial charge in [-0.15, -0.1) is 0 Å². The van der Waals surface area contributed by atoms with Crippen LogP contribution in [0.3, 0.4) is 0 Å². The van der Waals surface area contributed by atoms with Crippen molar-refractivity contribution in [1.82, 2.24) is 0 Å². The van der Waals surface area contributed by atoms with Gasteiger partial charge in [-0.05, 0) is 46.1 Å². The molecule has 2 nitrogen and oxygen atoms in total. The van der Waals surface area contributed by atoms with Crippen LogP contribution in [0.4, 0.5) is 8.78 Å². The summed E-state index contributed by atoms with van der Waals surface area (Å²) in [7, 11) is 1.46. The van der Waals surface area contributed by atoms with Crippen LogP contribution < -0.4 is 10.5 Å². The van der Waals surface area contributed by atoms with Gasteiger partial charge in [-0.3, -0.25) is 0 Å². The molecule has 0 aliphatic heterocycles. The fraction of sp³-hybridized carbons (Fsp3) is 0.200. The predicted molar refractivity (Wildman–Crippen MR) is 77.7 cm³/mol. The van der Waals surface area contributed by atoms with Crippen LogP contribution in [-0.4, -0.2) is 7.11 Å². The number of ether oxygens (including phenoxy) is 1. The fourth-order valence-electron chi connectivity index (χ4n) is 2.04. The Hall–Kier alpha value is -1.46. The molecule has 0 aliphatic rings. The van der Waals surface area contributed by atoms with Gasteiger partial charge in [0.15, 0.2) is 0 Å². The van der Waals surface area contributed by atoms with Crippen molar-refractivity contribution in [2.24, 2.45) is 5.73 Å². The molecule has 1 atom stereocenters. The van der Waals surface area contributed by atoms with Crippen LogP contribution in [0.15, 0.2) is 40.9 Å². The predicted octanol–water partition coefficient (Wildman–Crippen LogP) is 3.98. The number of methoxy groups -OCH3 is 1. The smallest absolute Gasteiger partial charge is 0.141 e. The van der Waals surface area contributed by atoms with Crippen LogP contribution in [0.25, 0.3) is 0 Å². The van der Waals surface area contributed by atoms with Crippen LogP contribution in [0, 0.1) is 11.6 Å². The lowest BCUT2D eigenvalue weighted by atomic mass is 9.99. The molecule has 0 saturated heterocycles. The normalized spacial score (nSPS) is 12.2. The quantitative estimate of drug-likeness (QED) is 0.912. The second-order valence-electron chi connectivity index (χ2n) is 4.45. The number of halogens is 3. The highest BCUT2D eigenvalue weighted by atomic mass is 79.9. The Morgan fingerprint density at radius 1 is 1.25 bits per heavy atom. The van der Waals surface area contributed by atoms with Gasteiger partial charge in [0, 0.05) is 17.7 Å². The van der Waals surface area contributed by atoms with Crippen molar-refractivity contribution in [3.8, 4) is 5.75 Å². The molecule has 0 saturated carbocycles. The molecule has 1 unspecified atom stereocenters.